The van der Waals surface area contributed by atoms with Gasteiger partial charge in [-0.05, 0) is 24.0 Å². The first-order valence-electron chi connectivity index (χ1n) is 4.99. The summed E-state index contributed by atoms with van der Waals surface area (Å²) < 4.78 is 0. The first kappa shape index (κ1) is 9.72. The molecule has 2 atom stereocenters. The van der Waals surface area contributed by atoms with Crippen molar-refractivity contribution in [3.63, 3.8) is 0 Å². The van der Waals surface area contributed by atoms with Crippen LogP contribution in [0.15, 0.2) is 24.3 Å². The van der Waals surface area contributed by atoms with Gasteiger partial charge < -0.3 is 5.73 Å². The Kier molecular flexibility index (Phi) is 2.42. The number of carbonyl (C=O) groups excluding carboxylic acids is 1. The van der Waals surface area contributed by atoms with Crippen LogP contribution in [0.5, 0.6) is 0 Å². The Labute approximate surface area is 88.5 Å². The molecule has 1 amide bonds. The van der Waals surface area contributed by atoms with Crippen molar-refractivity contribution in [3.8, 4) is 6.07 Å². The second kappa shape index (κ2) is 3.74. The molecule has 1 aromatic carbocycles. The number of fused-ring (bicyclic) bond motifs is 1. The summed E-state index contributed by atoms with van der Waals surface area (Å²) in [7, 11) is 0. The summed E-state index contributed by atoms with van der Waals surface area (Å²) in [6, 6.07) is 10.0. The zero-order valence-electron chi connectivity index (χ0n) is 8.31. The molecule has 0 aliphatic heterocycles. The highest BCUT2D eigenvalue weighted by Gasteiger charge is 2.29. The largest absolute Gasteiger partial charge is 0.369 e. The zero-order valence-corrected chi connectivity index (χ0v) is 8.31. The highest BCUT2D eigenvalue weighted by atomic mass is 16.1. The summed E-state index contributed by atoms with van der Waals surface area (Å²) >= 11 is 0. The topological polar surface area (TPSA) is 66.9 Å². The Bertz CT molecular complexity index is 433. The molecule has 1 aliphatic rings. The quantitative estimate of drug-likeness (QED) is 0.743. The van der Waals surface area contributed by atoms with Crippen molar-refractivity contribution in [2.45, 2.75) is 18.8 Å². The number of nitrogens with two attached hydrogens (primary N) is 1. The van der Waals surface area contributed by atoms with E-state index in [-0.39, 0.29) is 17.7 Å². The first-order chi connectivity index (χ1) is 7.22. The van der Waals surface area contributed by atoms with Gasteiger partial charge in [-0.3, -0.25) is 4.79 Å². The normalized spacial score (nSPS) is 23.9. The SMILES string of the molecule is N#CC1CC(C(N)=O)Cc2ccccc21. The summed E-state index contributed by atoms with van der Waals surface area (Å²) in [6.45, 7) is 0. The minimum Gasteiger partial charge on any atom is -0.369 e. The molecule has 0 spiro atoms. The number of amides is 1. The van der Waals surface area contributed by atoms with Crippen LogP contribution in [0.3, 0.4) is 0 Å². The molecule has 3 nitrogen and oxygen atoms in total. The van der Waals surface area contributed by atoms with Gasteiger partial charge in [-0.1, -0.05) is 24.3 Å². The number of benzene rings is 1. The molecule has 76 valence electrons. The van der Waals surface area contributed by atoms with E-state index >= 15 is 0 Å². The predicted octanol–water partition coefficient (Wildman–Crippen LogP) is 1.34. The molecule has 0 heterocycles. The zero-order chi connectivity index (χ0) is 10.8. The van der Waals surface area contributed by atoms with Crippen LogP contribution < -0.4 is 5.73 Å². The van der Waals surface area contributed by atoms with Crippen LogP contribution in [0, 0.1) is 17.2 Å². The van der Waals surface area contributed by atoms with Crippen molar-refractivity contribution in [2.24, 2.45) is 11.7 Å². The average Bonchev–Trinajstić information content (AvgIpc) is 2.27. The van der Waals surface area contributed by atoms with Crippen molar-refractivity contribution in [3.05, 3.63) is 35.4 Å². The molecule has 1 aromatic rings. The Morgan fingerprint density at radius 2 is 2.20 bits per heavy atom. The Hall–Kier alpha value is -1.82. The Morgan fingerprint density at radius 3 is 2.87 bits per heavy atom. The average molecular weight is 200 g/mol. The third-order valence-corrected chi connectivity index (χ3v) is 2.98. The fraction of sp³-hybridized carbons (Fsp3) is 0.333. The van der Waals surface area contributed by atoms with E-state index in [1.807, 2.05) is 24.3 Å². The van der Waals surface area contributed by atoms with Crippen LogP contribution in [0.4, 0.5) is 0 Å². The smallest absolute Gasteiger partial charge is 0.220 e. The van der Waals surface area contributed by atoms with Crippen molar-refractivity contribution < 1.29 is 4.79 Å². The third-order valence-electron chi connectivity index (χ3n) is 2.98. The second-order valence-corrected chi connectivity index (χ2v) is 3.92. The number of primary amides is 1. The predicted molar refractivity (Wildman–Crippen MR) is 55.8 cm³/mol. The Morgan fingerprint density at radius 1 is 1.47 bits per heavy atom. The van der Waals surface area contributed by atoms with E-state index in [2.05, 4.69) is 6.07 Å². The van der Waals surface area contributed by atoms with Crippen molar-refractivity contribution in [1.29, 1.82) is 5.26 Å². The van der Waals surface area contributed by atoms with Crippen LogP contribution in [0.2, 0.25) is 0 Å². The number of nitrogens with zero attached hydrogens (tertiary/aromatic N) is 1. The van der Waals surface area contributed by atoms with E-state index in [1.165, 1.54) is 0 Å². The molecule has 1 aliphatic carbocycles. The summed E-state index contributed by atoms with van der Waals surface area (Å²) in [5.41, 5.74) is 7.43. The monoisotopic (exact) mass is 200 g/mol. The van der Waals surface area contributed by atoms with Gasteiger partial charge in [-0.2, -0.15) is 5.26 Å². The van der Waals surface area contributed by atoms with Crippen LogP contribution in [-0.2, 0) is 11.2 Å². The molecular formula is C12H12N2O. The van der Waals surface area contributed by atoms with Gasteiger partial charge in [0.25, 0.3) is 0 Å². The standard InChI is InChI=1S/C12H12N2O/c13-7-10-6-9(12(14)15)5-8-3-1-2-4-11(8)10/h1-4,9-10H,5-6H2,(H2,14,15). The van der Waals surface area contributed by atoms with Gasteiger partial charge in [0.15, 0.2) is 0 Å². The van der Waals surface area contributed by atoms with E-state index in [0.717, 1.165) is 11.1 Å². The number of carbonyl (C=O) groups is 1. The highest BCUT2D eigenvalue weighted by Crippen LogP contribution is 2.34. The maximum Gasteiger partial charge on any atom is 0.220 e. The van der Waals surface area contributed by atoms with Gasteiger partial charge in [-0.15, -0.1) is 0 Å². The molecule has 3 heteroatoms. The maximum atomic E-state index is 11.1. The molecule has 0 bridgehead atoms. The lowest BCUT2D eigenvalue weighted by molar-refractivity contribution is -0.122. The first-order valence-corrected chi connectivity index (χ1v) is 4.99. The molecular weight excluding hydrogens is 188 g/mol. The molecule has 0 fully saturated rings. The van der Waals surface area contributed by atoms with E-state index in [1.54, 1.807) is 0 Å². The number of rotatable bonds is 1. The van der Waals surface area contributed by atoms with Gasteiger partial charge in [-0.25, -0.2) is 0 Å². The van der Waals surface area contributed by atoms with Gasteiger partial charge in [0.2, 0.25) is 5.91 Å². The summed E-state index contributed by atoms with van der Waals surface area (Å²) in [6.07, 6.45) is 1.23. The lowest BCUT2D eigenvalue weighted by Gasteiger charge is -2.25. The van der Waals surface area contributed by atoms with E-state index in [4.69, 9.17) is 11.0 Å². The second-order valence-electron chi connectivity index (χ2n) is 3.92. The summed E-state index contributed by atoms with van der Waals surface area (Å²) in [4.78, 5) is 11.1. The maximum absolute atomic E-state index is 11.1. The van der Waals surface area contributed by atoms with Crippen molar-refractivity contribution in [1.82, 2.24) is 0 Å². The summed E-state index contributed by atoms with van der Waals surface area (Å²) in [5, 5.41) is 9.04. The summed E-state index contributed by atoms with van der Waals surface area (Å²) in [5.74, 6) is -0.679. The van der Waals surface area contributed by atoms with Crippen LogP contribution >= 0.6 is 0 Å². The highest BCUT2D eigenvalue weighted by molar-refractivity contribution is 5.77. The fourth-order valence-electron chi connectivity index (χ4n) is 2.16. The number of hydrogen-bond donors (Lipinski definition) is 1. The minimum atomic E-state index is -0.301. The van der Waals surface area contributed by atoms with Crippen LogP contribution in [0.25, 0.3) is 0 Å². The van der Waals surface area contributed by atoms with Gasteiger partial charge in [0.1, 0.15) is 0 Å². The lowest BCUT2D eigenvalue weighted by atomic mass is 9.77. The van der Waals surface area contributed by atoms with Gasteiger partial charge >= 0.3 is 0 Å². The van der Waals surface area contributed by atoms with E-state index < -0.39 is 0 Å². The van der Waals surface area contributed by atoms with E-state index in [9.17, 15) is 4.79 Å². The molecule has 2 rings (SSSR count). The Balaban J connectivity index is 2.39. The minimum absolute atomic E-state index is 0.188. The molecule has 0 aromatic heterocycles. The molecule has 2 N–H and O–H groups in total. The van der Waals surface area contributed by atoms with Gasteiger partial charge in [0, 0.05) is 5.92 Å². The molecule has 0 saturated heterocycles. The molecule has 0 saturated carbocycles. The number of nitriles is 1. The van der Waals surface area contributed by atoms with Crippen molar-refractivity contribution >= 4 is 5.91 Å². The van der Waals surface area contributed by atoms with Crippen LogP contribution in [-0.4, -0.2) is 5.91 Å². The van der Waals surface area contributed by atoms with Gasteiger partial charge in [0.05, 0.1) is 12.0 Å². The molecule has 15 heavy (non-hydrogen) atoms. The number of hydrogen-bond acceptors (Lipinski definition) is 2. The lowest BCUT2D eigenvalue weighted by Crippen LogP contribution is -2.30. The van der Waals surface area contributed by atoms with Crippen LogP contribution in [0.1, 0.15) is 23.5 Å². The molecule has 2 unspecified atom stereocenters. The van der Waals surface area contributed by atoms with E-state index in [0.29, 0.717) is 12.8 Å². The molecule has 0 radical (unpaired) electrons. The fourth-order valence-corrected chi connectivity index (χ4v) is 2.16. The third kappa shape index (κ3) is 1.71. The van der Waals surface area contributed by atoms with Crippen molar-refractivity contribution in [2.75, 3.05) is 0 Å².